The zero-order valence-corrected chi connectivity index (χ0v) is 8.19. The van der Waals surface area contributed by atoms with E-state index in [4.69, 9.17) is 0 Å². The summed E-state index contributed by atoms with van der Waals surface area (Å²) in [5, 5.41) is 3.33. The van der Waals surface area contributed by atoms with Gasteiger partial charge in [-0.15, -0.1) is 0 Å². The molecule has 0 saturated carbocycles. The van der Waals surface area contributed by atoms with Crippen molar-refractivity contribution in [2.45, 2.75) is 31.3 Å². The molecule has 2 heterocycles. The zero-order valence-electron chi connectivity index (χ0n) is 7.29. The number of likely N-dealkylation sites (tertiary alicyclic amines) is 1. The van der Waals surface area contributed by atoms with Gasteiger partial charge in [0.1, 0.15) is 0 Å². The topological polar surface area (TPSA) is 15.3 Å². The predicted octanol–water partition coefficient (Wildman–Crippen LogP) is 0.781. The van der Waals surface area contributed by atoms with Crippen LogP contribution in [0.15, 0.2) is 0 Å². The van der Waals surface area contributed by atoms with Crippen LogP contribution in [0.3, 0.4) is 0 Å². The van der Waals surface area contributed by atoms with Gasteiger partial charge < -0.3 is 5.32 Å². The van der Waals surface area contributed by atoms with Gasteiger partial charge >= 0.3 is 0 Å². The molecule has 0 spiro atoms. The molecule has 2 atom stereocenters. The number of piperidine rings is 1. The van der Waals surface area contributed by atoms with Crippen LogP contribution in [0.2, 0.25) is 0 Å². The molecule has 0 aromatic carbocycles. The minimum atomic E-state index is 0.679. The summed E-state index contributed by atoms with van der Waals surface area (Å²) in [6.07, 6.45) is 3.74. The van der Waals surface area contributed by atoms with Gasteiger partial charge in [0.05, 0.1) is 6.54 Å². The number of nitrogens with zero attached hydrogens (tertiary/aromatic N) is 1. The molecule has 3 heteroatoms. The lowest BCUT2D eigenvalue weighted by molar-refractivity contribution is 0.147. The molecule has 0 amide bonds. The molecule has 12 heavy (non-hydrogen) atoms. The molecule has 68 valence electrons. The average molecular weight is 184 g/mol. The standard InChI is InChI=1S/C9H16N2S/c12-7-6-11-5-1-2-8-9(11)3-4-10-8/h8-10,12H,1-3,5-7H2. The van der Waals surface area contributed by atoms with Crippen molar-refractivity contribution in [1.29, 1.82) is 0 Å². The molecule has 2 fully saturated rings. The van der Waals surface area contributed by atoms with Gasteiger partial charge in [0.15, 0.2) is 0 Å². The highest BCUT2D eigenvalue weighted by Crippen LogP contribution is 2.25. The third kappa shape index (κ3) is 1.63. The molecule has 2 radical (unpaired) electrons. The highest BCUT2D eigenvalue weighted by molar-refractivity contribution is 7.80. The molecular formula is C9H16N2S. The van der Waals surface area contributed by atoms with Crippen LogP contribution in [0.4, 0.5) is 0 Å². The van der Waals surface area contributed by atoms with Crippen molar-refractivity contribution in [2.24, 2.45) is 0 Å². The summed E-state index contributed by atoms with van der Waals surface area (Å²) >= 11 is 4.28. The van der Waals surface area contributed by atoms with Crippen LogP contribution in [0.5, 0.6) is 0 Å². The first-order valence-corrected chi connectivity index (χ1v) is 5.38. The lowest BCUT2D eigenvalue weighted by Gasteiger charge is -2.36. The summed E-state index contributed by atoms with van der Waals surface area (Å²) in [5.74, 6) is 0.975. The highest BCUT2D eigenvalue weighted by atomic mass is 32.1. The third-order valence-corrected chi connectivity index (χ3v) is 3.08. The highest BCUT2D eigenvalue weighted by Gasteiger charge is 2.34. The maximum Gasteiger partial charge on any atom is 0.0605 e. The van der Waals surface area contributed by atoms with E-state index in [-0.39, 0.29) is 0 Å². The van der Waals surface area contributed by atoms with E-state index < -0.39 is 0 Å². The van der Waals surface area contributed by atoms with E-state index in [0.29, 0.717) is 12.1 Å². The molecule has 2 aliphatic rings. The normalized spacial score (nSPS) is 36.8. The molecule has 2 unspecified atom stereocenters. The van der Waals surface area contributed by atoms with Crippen molar-refractivity contribution in [3.8, 4) is 0 Å². The maximum atomic E-state index is 4.28. The van der Waals surface area contributed by atoms with Gasteiger partial charge in [0.25, 0.3) is 0 Å². The van der Waals surface area contributed by atoms with Gasteiger partial charge in [0.2, 0.25) is 0 Å². The third-order valence-electron chi connectivity index (χ3n) is 2.88. The van der Waals surface area contributed by atoms with Crippen LogP contribution in [0, 0.1) is 6.54 Å². The van der Waals surface area contributed by atoms with E-state index in [2.05, 4.69) is 29.4 Å². The number of nitrogens with one attached hydrogen (secondary N) is 1. The quantitative estimate of drug-likeness (QED) is 0.617. The second-order valence-corrected chi connectivity index (χ2v) is 4.05. The maximum absolute atomic E-state index is 4.28. The summed E-state index contributed by atoms with van der Waals surface area (Å²) in [5.41, 5.74) is 0. The summed E-state index contributed by atoms with van der Waals surface area (Å²) in [7, 11) is 0. The molecule has 0 aromatic rings. The first-order chi connectivity index (χ1) is 5.92. The fourth-order valence-electron chi connectivity index (χ4n) is 2.27. The van der Waals surface area contributed by atoms with Crippen LogP contribution < -0.4 is 5.32 Å². The smallest absolute Gasteiger partial charge is 0.0605 e. The minimum Gasteiger partial charge on any atom is -0.303 e. The van der Waals surface area contributed by atoms with Gasteiger partial charge in [-0.05, 0) is 25.8 Å². The Labute approximate surface area is 80.1 Å². The Kier molecular flexibility index (Phi) is 2.94. The number of hydrogen-bond donors (Lipinski definition) is 2. The van der Waals surface area contributed by atoms with Gasteiger partial charge in [-0.25, -0.2) is 0 Å². The minimum absolute atomic E-state index is 0.679. The SMILES string of the molecule is SCCN1CCCC2N[C]CC21. The summed E-state index contributed by atoms with van der Waals surface area (Å²) in [6.45, 7) is 5.62. The number of hydrogen-bond acceptors (Lipinski definition) is 3. The van der Waals surface area contributed by atoms with E-state index in [0.717, 1.165) is 18.7 Å². The second-order valence-electron chi connectivity index (χ2n) is 3.60. The van der Waals surface area contributed by atoms with E-state index in [1.165, 1.54) is 19.4 Å². The van der Waals surface area contributed by atoms with Crippen LogP contribution in [-0.2, 0) is 0 Å². The molecule has 1 N–H and O–H groups in total. The van der Waals surface area contributed by atoms with Gasteiger partial charge in [0, 0.05) is 24.4 Å². The Bertz CT molecular complexity index is 149. The fourth-order valence-corrected chi connectivity index (χ4v) is 2.52. The lowest BCUT2D eigenvalue weighted by atomic mass is 9.98. The molecule has 0 bridgehead atoms. The molecule has 2 nitrogen and oxygen atoms in total. The first kappa shape index (κ1) is 8.85. The van der Waals surface area contributed by atoms with Crippen LogP contribution in [-0.4, -0.2) is 35.8 Å². The van der Waals surface area contributed by atoms with Crippen molar-refractivity contribution < 1.29 is 0 Å². The molecular weight excluding hydrogens is 168 g/mol. The number of fused-ring (bicyclic) bond motifs is 1. The van der Waals surface area contributed by atoms with Crippen molar-refractivity contribution in [2.75, 3.05) is 18.8 Å². The van der Waals surface area contributed by atoms with E-state index in [9.17, 15) is 0 Å². The monoisotopic (exact) mass is 184 g/mol. The van der Waals surface area contributed by atoms with Crippen molar-refractivity contribution in [3.05, 3.63) is 6.54 Å². The van der Waals surface area contributed by atoms with E-state index >= 15 is 0 Å². The molecule has 2 saturated heterocycles. The fraction of sp³-hybridized carbons (Fsp3) is 0.889. The average Bonchev–Trinajstić information content (AvgIpc) is 2.53. The molecule has 2 aliphatic heterocycles. The van der Waals surface area contributed by atoms with E-state index in [1.54, 1.807) is 0 Å². The molecule has 0 aliphatic carbocycles. The van der Waals surface area contributed by atoms with Crippen molar-refractivity contribution >= 4 is 12.6 Å². The zero-order chi connectivity index (χ0) is 8.39. The molecule has 2 rings (SSSR count). The Morgan fingerprint density at radius 3 is 3.33 bits per heavy atom. The molecule has 0 aromatic heterocycles. The van der Waals surface area contributed by atoms with Crippen molar-refractivity contribution in [3.63, 3.8) is 0 Å². The van der Waals surface area contributed by atoms with E-state index in [1.807, 2.05) is 0 Å². The Morgan fingerprint density at radius 1 is 1.58 bits per heavy atom. The first-order valence-electron chi connectivity index (χ1n) is 4.75. The number of rotatable bonds is 2. The largest absolute Gasteiger partial charge is 0.303 e. The summed E-state index contributed by atoms with van der Waals surface area (Å²) in [6, 6.07) is 1.39. The number of thiol groups is 1. The van der Waals surface area contributed by atoms with Gasteiger partial charge in [-0.3, -0.25) is 4.90 Å². The second kappa shape index (κ2) is 3.99. The van der Waals surface area contributed by atoms with Crippen LogP contribution >= 0.6 is 12.6 Å². The summed E-state index contributed by atoms with van der Waals surface area (Å²) < 4.78 is 0. The van der Waals surface area contributed by atoms with Crippen molar-refractivity contribution in [1.82, 2.24) is 10.2 Å². The van der Waals surface area contributed by atoms with Crippen LogP contribution in [0.1, 0.15) is 19.3 Å². The van der Waals surface area contributed by atoms with Gasteiger partial charge in [-0.1, -0.05) is 0 Å². The summed E-state index contributed by atoms with van der Waals surface area (Å²) in [4.78, 5) is 2.55. The Hall–Kier alpha value is 0.270. The Morgan fingerprint density at radius 2 is 2.50 bits per heavy atom. The van der Waals surface area contributed by atoms with Crippen LogP contribution in [0.25, 0.3) is 0 Å². The Balaban J connectivity index is 1.94. The predicted molar refractivity (Wildman–Crippen MR) is 53.2 cm³/mol. The van der Waals surface area contributed by atoms with Gasteiger partial charge in [-0.2, -0.15) is 12.6 Å². The lowest BCUT2D eigenvalue weighted by Crippen LogP contribution is -2.48.